The molecule has 0 saturated heterocycles. The first kappa shape index (κ1) is 14.1. The fourth-order valence-electron chi connectivity index (χ4n) is 3.00. The highest BCUT2D eigenvalue weighted by atomic mass is 15.1. The van der Waals surface area contributed by atoms with Crippen molar-refractivity contribution < 1.29 is 0 Å². The van der Waals surface area contributed by atoms with Crippen LogP contribution in [0.4, 0.5) is 0 Å². The van der Waals surface area contributed by atoms with Gasteiger partial charge in [-0.1, -0.05) is 29.8 Å². The predicted molar refractivity (Wildman–Crippen MR) is 78.9 cm³/mol. The molecule has 0 atom stereocenters. The standard InChI is InChI=1S/C17H24N2/c1-14-4-3-5-15(12-14)10-11-19(2)17-8-6-16(13-18)7-9-17/h3-5,12,16-17H,6-11H2,1-2H3. The van der Waals surface area contributed by atoms with Crippen LogP contribution in [0, 0.1) is 24.2 Å². The Labute approximate surface area is 117 Å². The first-order valence-electron chi connectivity index (χ1n) is 7.34. The van der Waals surface area contributed by atoms with Crippen molar-refractivity contribution in [3.63, 3.8) is 0 Å². The van der Waals surface area contributed by atoms with Crippen LogP contribution in [0.1, 0.15) is 36.8 Å². The van der Waals surface area contributed by atoms with E-state index in [1.807, 2.05) is 0 Å². The van der Waals surface area contributed by atoms with Crippen molar-refractivity contribution in [1.29, 1.82) is 5.26 Å². The largest absolute Gasteiger partial charge is 0.303 e. The van der Waals surface area contributed by atoms with E-state index in [1.54, 1.807) is 0 Å². The van der Waals surface area contributed by atoms with Crippen LogP contribution in [0.3, 0.4) is 0 Å². The summed E-state index contributed by atoms with van der Waals surface area (Å²) in [5, 5.41) is 8.93. The van der Waals surface area contributed by atoms with Gasteiger partial charge in [0.15, 0.2) is 0 Å². The summed E-state index contributed by atoms with van der Waals surface area (Å²) in [5.41, 5.74) is 2.77. The molecule has 0 N–H and O–H groups in total. The lowest BCUT2D eigenvalue weighted by atomic mass is 9.86. The third-order valence-corrected chi connectivity index (χ3v) is 4.34. The molecule has 0 radical (unpaired) electrons. The van der Waals surface area contributed by atoms with E-state index in [9.17, 15) is 0 Å². The Morgan fingerprint density at radius 3 is 2.63 bits per heavy atom. The number of likely N-dealkylation sites (N-methyl/N-ethyl adjacent to an activating group) is 1. The Kier molecular flexibility index (Phi) is 4.99. The maximum absolute atomic E-state index is 8.93. The minimum absolute atomic E-state index is 0.307. The molecule has 0 amide bonds. The van der Waals surface area contributed by atoms with E-state index in [0.29, 0.717) is 12.0 Å². The summed E-state index contributed by atoms with van der Waals surface area (Å²) >= 11 is 0. The van der Waals surface area contributed by atoms with E-state index in [1.165, 1.54) is 24.0 Å². The molecule has 19 heavy (non-hydrogen) atoms. The van der Waals surface area contributed by atoms with Crippen LogP contribution in [-0.2, 0) is 6.42 Å². The number of aryl methyl sites for hydroxylation is 1. The van der Waals surface area contributed by atoms with Crippen LogP contribution >= 0.6 is 0 Å². The average molecular weight is 256 g/mol. The van der Waals surface area contributed by atoms with Crippen molar-refractivity contribution in [3.05, 3.63) is 35.4 Å². The van der Waals surface area contributed by atoms with Crippen LogP contribution in [-0.4, -0.2) is 24.5 Å². The Morgan fingerprint density at radius 2 is 2.00 bits per heavy atom. The highest BCUT2D eigenvalue weighted by Gasteiger charge is 2.23. The molecule has 0 spiro atoms. The second-order valence-electron chi connectivity index (χ2n) is 5.85. The van der Waals surface area contributed by atoms with E-state index in [0.717, 1.165) is 25.8 Å². The van der Waals surface area contributed by atoms with Crippen LogP contribution in [0.2, 0.25) is 0 Å². The van der Waals surface area contributed by atoms with Gasteiger partial charge in [-0.3, -0.25) is 0 Å². The van der Waals surface area contributed by atoms with Gasteiger partial charge in [-0.2, -0.15) is 5.26 Å². The molecule has 0 heterocycles. The number of hydrogen-bond acceptors (Lipinski definition) is 2. The minimum atomic E-state index is 0.307. The Balaban J connectivity index is 1.79. The molecule has 2 heteroatoms. The average Bonchev–Trinajstić information content (AvgIpc) is 2.45. The predicted octanol–water partition coefficient (Wildman–Crippen LogP) is 3.55. The lowest BCUT2D eigenvalue weighted by Crippen LogP contribution is -2.36. The highest BCUT2D eigenvalue weighted by molar-refractivity contribution is 5.22. The van der Waals surface area contributed by atoms with Gasteiger partial charge in [-0.05, 0) is 51.6 Å². The second kappa shape index (κ2) is 6.73. The Morgan fingerprint density at radius 1 is 1.26 bits per heavy atom. The molecule has 1 aromatic carbocycles. The number of nitrogens with zero attached hydrogens (tertiary/aromatic N) is 2. The molecule has 0 aliphatic heterocycles. The summed E-state index contributed by atoms with van der Waals surface area (Å²) < 4.78 is 0. The molecule has 1 aliphatic rings. The number of nitriles is 1. The number of hydrogen-bond donors (Lipinski definition) is 0. The van der Waals surface area contributed by atoms with Gasteiger partial charge in [0.05, 0.1) is 6.07 Å². The summed E-state index contributed by atoms with van der Waals surface area (Å²) in [6, 6.07) is 11.9. The smallest absolute Gasteiger partial charge is 0.0655 e. The lowest BCUT2D eigenvalue weighted by molar-refractivity contribution is 0.180. The number of rotatable bonds is 4. The van der Waals surface area contributed by atoms with Crippen LogP contribution in [0.15, 0.2) is 24.3 Å². The second-order valence-corrected chi connectivity index (χ2v) is 5.85. The number of benzene rings is 1. The summed E-state index contributed by atoms with van der Waals surface area (Å²) in [6.07, 6.45) is 5.65. The van der Waals surface area contributed by atoms with Crippen molar-refractivity contribution in [1.82, 2.24) is 4.90 Å². The Bertz CT molecular complexity index is 439. The maximum Gasteiger partial charge on any atom is 0.0655 e. The maximum atomic E-state index is 8.93. The van der Waals surface area contributed by atoms with Gasteiger partial charge in [0.25, 0.3) is 0 Å². The minimum Gasteiger partial charge on any atom is -0.303 e. The molecule has 0 bridgehead atoms. The summed E-state index contributed by atoms with van der Waals surface area (Å²) in [7, 11) is 2.23. The van der Waals surface area contributed by atoms with E-state index in [-0.39, 0.29) is 0 Å². The topological polar surface area (TPSA) is 27.0 Å². The normalized spacial score (nSPS) is 23.3. The molecule has 1 aromatic rings. The van der Waals surface area contributed by atoms with Crippen LogP contribution in [0.25, 0.3) is 0 Å². The van der Waals surface area contributed by atoms with Crippen molar-refractivity contribution in [3.8, 4) is 6.07 Å². The molecule has 102 valence electrons. The molecular formula is C17H24N2. The van der Waals surface area contributed by atoms with Gasteiger partial charge in [0, 0.05) is 18.5 Å². The van der Waals surface area contributed by atoms with E-state index < -0.39 is 0 Å². The van der Waals surface area contributed by atoms with Crippen molar-refractivity contribution in [2.24, 2.45) is 5.92 Å². The SMILES string of the molecule is Cc1cccc(CCN(C)C2CCC(C#N)CC2)c1. The summed E-state index contributed by atoms with van der Waals surface area (Å²) in [4.78, 5) is 2.48. The van der Waals surface area contributed by atoms with Gasteiger partial charge in [0.1, 0.15) is 0 Å². The van der Waals surface area contributed by atoms with Crippen molar-refractivity contribution in [2.45, 2.75) is 45.1 Å². The molecule has 2 nitrogen and oxygen atoms in total. The fourth-order valence-corrected chi connectivity index (χ4v) is 3.00. The van der Waals surface area contributed by atoms with Gasteiger partial charge < -0.3 is 4.90 Å². The first-order chi connectivity index (χ1) is 9.19. The van der Waals surface area contributed by atoms with Crippen molar-refractivity contribution >= 4 is 0 Å². The van der Waals surface area contributed by atoms with Crippen LogP contribution < -0.4 is 0 Å². The fraction of sp³-hybridized carbons (Fsp3) is 0.588. The van der Waals surface area contributed by atoms with E-state index in [4.69, 9.17) is 5.26 Å². The molecule has 2 rings (SSSR count). The zero-order valence-corrected chi connectivity index (χ0v) is 12.1. The van der Waals surface area contributed by atoms with E-state index >= 15 is 0 Å². The van der Waals surface area contributed by atoms with E-state index in [2.05, 4.69) is 49.2 Å². The summed E-state index contributed by atoms with van der Waals surface area (Å²) in [6.45, 7) is 3.27. The molecule has 0 aromatic heterocycles. The van der Waals surface area contributed by atoms with Gasteiger partial charge in [0.2, 0.25) is 0 Å². The van der Waals surface area contributed by atoms with Gasteiger partial charge in [-0.25, -0.2) is 0 Å². The quantitative estimate of drug-likeness (QED) is 0.823. The van der Waals surface area contributed by atoms with Gasteiger partial charge >= 0.3 is 0 Å². The molecule has 1 aliphatic carbocycles. The molecule has 1 fully saturated rings. The molecular weight excluding hydrogens is 232 g/mol. The third-order valence-electron chi connectivity index (χ3n) is 4.34. The van der Waals surface area contributed by atoms with Crippen molar-refractivity contribution in [2.75, 3.05) is 13.6 Å². The highest BCUT2D eigenvalue weighted by Crippen LogP contribution is 2.26. The first-order valence-corrected chi connectivity index (χ1v) is 7.34. The summed E-state index contributed by atoms with van der Waals surface area (Å²) in [5.74, 6) is 0.307. The zero-order valence-electron chi connectivity index (χ0n) is 12.1. The molecule has 1 saturated carbocycles. The van der Waals surface area contributed by atoms with Crippen LogP contribution in [0.5, 0.6) is 0 Å². The third kappa shape index (κ3) is 4.08. The lowest BCUT2D eigenvalue weighted by Gasteiger charge is -2.32. The molecule has 0 unspecified atom stereocenters. The zero-order chi connectivity index (χ0) is 13.7. The monoisotopic (exact) mass is 256 g/mol. The van der Waals surface area contributed by atoms with Gasteiger partial charge in [-0.15, -0.1) is 0 Å². The Hall–Kier alpha value is -1.33.